The highest BCUT2D eigenvalue weighted by molar-refractivity contribution is 6.30. The summed E-state index contributed by atoms with van der Waals surface area (Å²) in [5.74, 6) is 0.709. The molecule has 1 amide bonds. The summed E-state index contributed by atoms with van der Waals surface area (Å²) in [4.78, 5) is 12.5. The monoisotopic (exact) mass is 314 g/mol. The van der Waals surface area contributed by atoms with Gasteiger partial charge < -0.3 is 11.1 Å². The number of amides is 1. The summed E-state index contributed by atoms with van der Waals surface area (Å²) in [6, 6.07) is 7.79. The number of carbonyl (C=O) groups excluding carboxylic acids is 1. The summed E-state index contributed by atoms with van der Waals surface area (Å²) < 4.78 is 0. The lowest BCUT2D eigenvalue weighted by molar-refractivity contribution is -0.124. The predicted octanol–water partition coefficient (Wildman–Crippen LogP) is 2.65. The molecular formula is C15H20Cl2N2O. The lowest BCUT2D eigenvalue weighted by atomic mass is 9.94. The van der Waals surface area contributed by atoms with Gasteiger partial charge >= 0.3 is 0 Å². The highest BCUT2D eigenvalue weighted by Gasteiger charge is 2.52. The van der Waals surface area contributed by atoms with Crippen LogP contribution in [0.2, 0.25) is 5.02 Å². The van der Waals surface area contributed by atoms with Gasteiger partial charge in [0.2, 0.25) is 5.91 Å². The zero-order valence-electron chi connectivity index (χ0n) is 11.3. The van der Waals surface area contributed by atoms with Crippen LogP contribution in [0.15, 0.2) is 24.3 Å². The maximum Gasteiger partial charge on any atom is 0.230 e. The van der Waals surface area contributed by atoms with E-state index in [0.29, 0.717) is 17.5 Å². The van der Waals surface area contributed by atoms with Gasteiger partial charge in [-0.05, 0) is 49.3 Å². The molecule has 1 aromatic carbocycles. The van der Waals surface area contributed by atoms with Gasteiger partial charge in [0.25, 0.3) is 0 Å². The third kappa shape index (κ3) is 2.95. The fourth-order valence-corrected chi connectivity index (χ4v) is 2.92. The summed E-state index contributed by atoms with van der Waals surface area (Å²) >= 11 is 6.03. The average Bonchev–Trinajstić information content (AvgIpc) is 3.29. The van der Waals surface area contributed by atoms with Gasteiger partial charge in [-0.1, -0.05) is 23.7 Å². The Morgan fingerprint density at radius 1 is 1.45 bits per heavy atom. The maximum atomic E-state index is 12.5. The van der Waals surface area contributed by atoms with Gasteiger partial charge in [-0.25, -0.2) is 0 Å². The number of hydrogen-bond donors (Lipinski definition) is 2. The van der Waals surface area contributed by atoms with Crippen LogP contribution in [0.4, 0.5) is 0 Å². The highest BCUT2D eigenvalue weighted by atomic mass is 35.5. The van der Waals surface area contributed by atoms with E-state index < -0.39 is 0 Å². The van der Waals surface area contributed by atoms with Crippen molar-refractivity contribution < 1.29 is 4.79 Å². The van der Waals surface area contributed by atoms with Crippen molar-refractivity contribution in [2.24, 2.45) is 11.7 Å². The average molecular weight is 315 g/mol. The van der Waals surface area contributed by atoms with Gasteiger partial charge in [0.15, 0.2) is 0 Å². The Bertz CT molecular complexity index is 498. The Labute approximate surface area is 130 Å². The summed E-state index contributed by atoms with van der Waals surface area (Å²) in [5.41, 5.74) is 6.43. The van der Waals surface area contributed by atoms with Crippen molar-refractivity contribution in [1.29, 1.82) is 0 Å². The van der Waals surface area contributed by atoms with Crippen molar-refractivity contribution in [2.45, 2.75) is 37.1 Å². The van der Waals surface area contributed by atoms with Crippen molar-refractivity contribution in [3.63, 3.8) is 0 Å². The molecule has 0 radical (unpaired) electrons. The molecule has 0 bridgehead atoms. The molecule has 0 heterocycles. The fraction of sp³-hybridized carbons (Fsp3) is 0.533. The van der Waals surface area contributed by atoms with Crippen LogP contribution in [0.1, 0.15) is 31.2 Å². The normalized spacial score (nSPS) is 20.7. The number of carbonyl (C=O) groups is 1. The van der Waals surface area contributed by atoms with Gasteiger partial charge in [0.05, 0.1) is 5.41 Å². The Balaban J connectivity index is 0.00000147. The highest BCUT2D eigenvalue weighted by Crippen LogP contribution is 2.49. The zero-order valence-corrected chi connectivity index (χ0v) is 12.8. The molecule has 0 saturated heterocycles. The molecule has 3 rings (SSSR count). The lowest BCUT2D eigenvalue weighted by Gasteiger charge is -2.21. The van der Waals surface area contributed by atoms with Gasteiger partial charge in [-0.15, -0.1) is 12.4 Å². The quantitative estimate of drug-likeness (QED) is 0.878. The van der Waals surface area contributed by atoms with E-state index in [4.69, 9.17) is 17.3 Å². The molecule has 0 spiro atoms. The Morgan fingerprint density at radius 2 is 2.15 bits per heavy atom. The van der Waals surface area contributed by atoms with E-state index in [2.05, 4.69) is 5.32 Å². The largest absolute Gasteiger partial charge is 0.351 e. The first kappa shape index (κ1) is 15.6. The molecular weight excluding hydrogens is 295 g/mol. The van der Waals surface area contributed by atoms with Crippen LogP contribution in [0.3, 0.4) is 0 Å². The number of rotatable bonds is 5. The van der Waals surface area contributed by atoms with E-state index in [1.54, 1.807) is 0 Å². The minimum absolute atomic E-state index is 0. The summed E-state index contributed by atoms with van der Waals surface area (Å²) in [5, 5.41) is 3.83. The fourth-order valence-electron chi connectivity index (χ4n) is 2.73. The van der Waals surface area contributed by atoms with Crippen LogP contribution in [0.5, 0.6) is 0 Å². The third-order valence-corrected chi connectivity index (χ3v) is 4.56. The molecule has 1 unspecified atom stereocenters. The second-order valence-corrected chi connectivity index (χ2v) is 6.18. The van der Waals surface area contributed by atoms with Crippen molar-refractivity contribution >= 4 is 29.9 Å². The van der Waals surface area contributed by atoms with Gasteiger partial charge in [0.1, 0.15) is 0 Å². The van der Waals surface area contributed by atoms with Crippen LogP contribution in [0, 0.1) is 5.92 Å². The van der Waals surface area contributed by atoms with Crippen molar-refractivity contribution in [3.8, 4) is 0 Å². The Morgan fingerprint density at radius 3 is 2.65 bits per heavy atom. The topological polar surface area (TPSA) is 55.1 Å². The summed E-state index contributed by atoms with van der Waals surface area (Å²) in [6.07, 6.45) is 4.18. The van der Waals surface area contributed by atoms with E-state index in [1.165, 1.54) is 12.8 Å². The number of nitrogens with one attached hydrogen (secondary N) is 1. The van der Waals surface area contributed by atoms with Gasteiger partial charge in [-0.2, -0.15) is 0 Å². The first-order valence-corrected chi connectivity index (χ1v) is 7.30. The van der Waals surface area contributed by atoms with Crippen LogP contribution < -0.4 is 11.1 Å². The predicted molar refractivity (Wildman–Crippen MR) is 83.3 cm³/mol. The zero-order chi connectivity index (χ0) is 13.5. The smallest absolute Gasteiger partial charge is 0.230 e. The SMILES string of the molecule is Cl.NCC(NC(=O)C1(c2cccc(Cl)c2)CC1)C1CC1. The van der Waals surface area contributed by atoms with E-state index in [0.717, 1.165) is 18.4 Å². The van der Waals surface area contributed by atoms with E-state index >= 15 is 0 Å². The first-order valence-electron chi connectivity index (χ1n) is 6.93. The maximum absolute atomic E-state index is 12.5. The molecule has 1 aromatic rings. The molecule has 2 saturated carbocycles. The molecule has 5 heteroatoms. The standard InChI is InChI=1S/C15H19ClN2O.ClH/c16-12-3-1-2-11(8-12)15(6-7-15)14(19)18-13(9-17)10-4-5-10;/h1-3,8,10,13H,4-7,9,17H2,(H,18,19);1H. The van der Waals surface area contributed by atoms with Crippen LogP contribution in [-0.2, 0) is 10.2 Å². The second kappa shape index (κ2) is 5.92. The molecule has 110 valence electrons. The lowest BCUT2D eigenvalue weighted by Crippen LogP contribution is -2.46. The minimum atomic E-state index is -0.354. The molecule has 2 aliphatic carbocycles. The van der Waals surface area contributed by atoms with E-state index in [9.17, 15) is 4.79 Å². The summed E-state index contributed by atoms with van der Waals surface area (Å²) in [7, 11) is 0. The molecule has 2 fully saturated rings. The Kier molecular flexibility index (Phi) is 4.62. The summed E-state index contributed by atoms with van der Waals surface area (Å²) in [6.45, 7) is 0.530. The van der Waals surface area contributed by atoms with Crippen LogP contribution in [-0.4, -0.2) is 18.5 Å². The van der Waals surface area contributed by atoms with Crippen LogP contribution in [0.25, 0.3) is 0 Å². The molecule has 1 atom stereocenters. The van der Waals surface area contributed by atoms with E-state index in [-0.39, 0.29) is 29.8 Å². The third-order valence-electron chi connectivity index (χ3n) is 4.32. The van der Waals surface area contributed by atoms with Gasteiger partial charge in [0, 0.05) is 17.6 Å². The number of hydrogen-bond acceptors (Lipinski definition) is 2. The van der Waals surface area contributed by atoms with Crippen LogP contribution >= 0.6 is 24.0 Å². The molecule has 0 aromatic heterocycles. The molecule has 0 aliphatic heterocycles. The number of benzene rings is 1. The minimum Gasteiger partial charge on any atom is -0.351 e. The molecule has 3 nitrogen and oxygen atoms in total. The van der Waals surface area contributed by atoms with Gasteiger partial charge in [-0.3, -0.25) is 4.79 Å². The number of halogens is 2. The Hall–Kier alpha value is -0.770. The molecule has 20 heavy (non-hydrogen) atoms. The molecule has 2 aliphatic rings. The van der Waals surface area contributed by atoms with Crippen molar-refractivity contribution in [3.05, 3.63) is 34.9 Å². The van der Waals surface area contributed by atoms with Crippen molar-refractivity contribution in [2.75, 3.05) is 6.54 Å². The van der Waals surface area contributed by atoms with E-state index in [1.807, 2.05) is 24.3 Å². The van der Waals surface area contributed by atoms with Crippen molar-refractivity contribution in [1.82, 2.24) is 5.32 Å². The molecule has 3 N–H and O–H groups in total. The first-order chi connectivity index (χ1) is 9.15. The number of nitrogens with two attached hydrogens (primary N) is 1. The second-order valence-electron chi connectivity index (χ2n) is 5.75.